The zero-order valence-electron chi connectivity index (χ0n) is 42.6. The maximum absolute atomic E-state index is 15.4. The molecule has 0 radical (unpaired) electrons. The summed E-state index contributed by atoms with van der Waals surface area (Å²) in [7, 11) is 0. The number of aromatic nitrogens is 3. The Balaban J connectivity index is 1.03. The molecule has 0 spiro atoms. The molecule has 3 atom stereocenters. The van der Waals surface area contributed by atoms with E-state index in [0.29, 0.717) is 126 Å². The Labute approximate surface area is 487 Å². The van der Waals surface area contributed by atoms with Crippen LogP contribution in [0.2, 0.25) is 15.1 Å². The minimum Gasteiger partial charge on any atom is -0.354 e. The first kappa shape index (κ1) is 55.3. The van der Waals surface area contributed by atoms with Gasteiger partial charge in [-0.05, 0) is 97.2 Å². The summed E-state index contributed by atoms with van der Waals surface area (Å²) in [6.45, 7) is 0. The molecule has 17 heteroatoms. The molecule has 5 aromatic heterocycles. The van der Waals surface area contributed by atoms with Crippen LogP contribution in [0.25, 0.3) is 88.7 Å². The highest BCUT2D eigenvalue weighted by Gasteiger charge is 2.40. The Morgan fingerprint density at radius 2 is 0.854 bits per heavy atom. The highest BCUT2D eigenvalue weighted by molar-refractivity contribution is 7.10. The summed E-state index contributed by atoms with van der Waals surface area (Å²) < 4.78 is 135. The molecule has 0 amide bonds. The van der Waals surface area contributed by atoms with Gasteiger partial charge in [0.15, 0.2) is 0 Å². The molecule has 0 fully saturated rings. The van der Waals surface area contributed by atoms with Crippen LogP contribution in [-0.4, -0.2) is 33.5 Å². The Hall–Kier alpha value is -7.20. The van der Waals surface area contributed by atoms with Crippen LogP contribution in [0.4, 0.5) is 39.5 Å². The first-order valence-electron chi connectivity index (χ1n) is 25.8. The average Bonchev–Trinajstić information content (AvgIpc) is 2.97. The van der Waals surface area contributed by atoms with Crippen LogP contribution in [0.15, 0.2) is 187 Å². The second-order valence-corrected chi connectivity index (χ2v) is 23.4. The minimum atomic E-state index is -4.72. The number of aromatic amines is 3. The van der Waals surface area contributed by atoms with Gasteiger partial charge in [-0.2, -0.15) is 39.5 Å². The van der Waals surface area contributed by atoms with E-state index in [1.165, 1.54) is 11.3 Å². The van der Waals surface area contributed by atoms with Gasteiger partial charge in [-0.3, -0.25) is 0 Å². The summed E-state index contributed by atoms with van der Waals surface area (Å²) >= 11 is 23.0. The van der Waals surface area contributed by atoms with Crippen LogP contribution >= 0.6 is 57.5 Å². The van der Waals surface area contributed by atoms with E-state index < -0.39 is 55.5 Å². The van der Waals surface area contributed by atoms with E-state index in [4.69, 9.17) is 34.8 Å². The van der Waals surface area contributed by atoms with Crippen molar-refractivity contribution < 1.29 is 39.5 Å². The van der Waals surface area contributed by atoms with Crippen LogP contribution in [0.1, 0.15) is 69.0 Å². The van der Waals surface area contributed by atoms with E-state index in [0.717, 1.165) is 11.3 Å². The molecule has 3 N–H and O–H groups in total. The van der Waals surface area contributed by atoms with Gasteiger partial charge < -0.3 is 15.0 Å². The van der Waals surface area contributed by atoms with Gasteiger partial charge in [0, 0.05) is 65.3 Å². The quantitative estimate of drug-likeness (QED) is 0.0909. The van der Waals surface area contributed by atoms with Crippen molar-refractivity contribution in [1.82, 2.24) is 15.0 Å². The molecule has 5 heterocycles. The maximum atomic E-state index is 15.4. The van der Waals surface area contributed by atoms with Crippen LogP contribution in [0.5, 0.6) is 0 Å². The molecule has 3 nitrogen and oxygen atoms in total. The summed E-state index contributed by atoms with van der Waals surface area (Å²) in [5.41, 5.74) is 7.56. The van der Waals surface area contributed by atoms with Crippen molar-refractivity contribution >= 4 is 90.2 Å². The van der Waals surface area contributed by atoms with E-state index in [-0.39, 0.29) is 10.0 Å². The van der Waals surface area contributed by atoms with Crippen molar-refractivity contribution in [2.75, 3.05) is 0 Å². The minimum absolute atomic E-state index is 0.196. The molecule has 12 aromatic rings. The van der Waals surface area contributed by atoms with Crippen LogP contribution in [-0.2, 0) is 0 Å². The number of nitrogens with one attached hydrogen (secondary N) is 3. The summed E-state index contributed by atoms with van der Waals surface area (Å²) in [5, 5.41) is 5.68. The zero-order valence-corrected chi connectivity index (χ0v) is 46.5. The SMILES string of the molecule is FC(F)(F)C[C@H](c1cccc(-c2c(Cl)ccc3c([C@@H](CC(F)(F)F)c4cc(-c5c(Cl)ccc6c([C@H](CC(F)(F)F)c7cccs7)c(-c7ccccc7)[nH]c56)cs4)c(-c4ccccc4)[nH]c23)c1)c1c(-c2ccccc2)[nH]c2cc(Cl)ccc12. The van der Waals surface area contributed by atoms with Crippen molar-refractivity contribution in [2.24, 2.45) is 0 Å². The topological polar surface area (TPSA) is 47.4 Å². The van der Waals surface area contributed by atoms with Crippen molar-refractivity contribution in [3.8, 4) is 56.0 Å². The van der Waals surface area contributed by atoms with Crippen molar-refractivity contribution in [1.29, 1.82) is 0 Å². The van der Waals surface area contributed by atoms with E-state index in [1.807, 2.05) is 18.2 Å². The number of benzene rings is 7. The van der Waals surface area contributed by atoms with Gasteiger partial charge in [-0.25, -0.2) is 0 Å². The standard InChI is InChI=1S/C65H43Cl3F9N3S2/c66-41-21-22-42-50(30-41)78-58(35-12-4-1-5-13-35)55(42)45(31-63(69,70)71)38-18-10-19-39(28-38)53-48(67)25-23-44-57(60(79-61(44)53)37-16-8-3-9-17-37)47(33-65(75,76)77)52-29-40(34-82-52)54-49(68)26-24-43-56(46(32-64(72,73)74)51-20-11-27-81-51)59(80-62(43)54)36-14-6-2-7-15-36/h1-30,34,45-47,78-80H,31-33H2/t45-,46-,47+/m1/s1. The van der Waals surface area contributed by atoms with Gasteiger partial charge in [0.1, 0.15) is 0 Å². The highest BCUT2D eigenvalue weighted by Crippen LogP contribution is 2.53. The van der Waals surface area contributed by atoms with Crippen LogP contribution in [0.3, 0.4) is 0 Å². The fourth-order valence-corrected chi connectivity index (χ4v) is 14.2. The molecule has 12 rings (SSSR count). The third-order valence-corrected chi connectivity index (χ3v) is 17.9. The number of hydrogen-bond donors (Lipinski definition) is 3. The number of halogens is 12. The van der Waals surface area contributed by atoms with Crippen molar-refractivity contribution in [3.63, 3.8) is 0 Å². The second kappa shape index (κ2) is 21.8. The summed E-state index contributed by atoms with van der Waals surface area (Å²) in [6, 6.07) is 50.1. The molecular weight excluding hydrogens is 1160 g/mol. The molecule has 0 aliphatic rings. The monoisotopic (exact) mass is 1210 g/mol. The fraction of sp³-hybridized carbons (Fsp3) is 0.138. The van der Waals surface area contributed by atoms with Crippen LogP contribution < -0.4 is 0 Å². The maximum Gasteiger partial charge on any atom is 0.390 e. The Morgan fingerprint density at radius 3 is 1.37 bits per heavy atom. The van der Waals surface area contributed by atoms with E-state index in [9.17, 15) is 13.2 Å². The zero-order chi connectivity index (χ0) is 57.2. The first-order valence-corrected chi connectivity index (χ1v) is 28.7. The molecule has 0 aliphatic carbocycles. The van der Waals surface area contributed by atoms with E-state index >= 15 is 26.3 Å². The van der Waals surface area contributed by atoms with Gasteiger partial charge in [-0.1, -0.05) is 174 Å². The highest BCUT2D eigenvalue weighted by atomic mass is 35.5. The lowest BCUT2D eigenvalue weighted by atomic mass is 9.83. The summed E-state index contributed by atoms with van der Waals surface area (Å²) in [6.07, 6.45) is -17.6. The smallest absolute Gasteiger partial charge is 0.354 e. The van der Waals surface area contributed by atoms with Gasteiger partial charge >= 0.3 is 18.5 Å². The molecule has 0 saturated heterocycles. The molecule has 0 unspecified atom stereocenters. The average molecular weight is 1210 g/mol. The molecule has 0 bridgehead atoms. The lowest BCUT2D eigenvalue weighted by Gasteiger charge is -2.22. The molecule has 414 valence electrons. The number of alkyl halides is 9. The second-order valence-electron chi connectivity index (χ2n) is 20.2. The lowest BCUT2D eigenvalue weighted by Crippen LogP contribution is -2.15. The summed E-state index contributed by atoms with van der Waals surface area (Å²) in [4.78, 5) is 11.1. The predicted octanol–water partition coefficient (Wildman–Crippen LogP) is 22.8. The Bertz CT molecular complexity index is 4280. The first-order chi connectivity index (χ1) is 39.3. The molecule has 0 saturated carbocycles. The van der Waals surface area contributed by atoms with Crippen molar-refractivity contribution in [2.45, 2.75) is 55.5 Å². The van der Waals surface area contributed by atoms with Crippen LogP contribution in [0, 0.1) is 0 Å². The third-order valence-electron chi connectivity index (χ3n) is 15.0. The van der Waals surface area contributed by atoms with Gasteiger partial charge in [0.2, 0.25) is 0 Å². The largest absolute Gasteiger partial charge is 0.390 e. The molecule has 7 aromatic carbocycles. The van der Waals surface area contributed by atoms with Gasteiger partial charge in [0.05, 0.1) is 57.4 Å². The van der Waals surface area contributed by atoms with Gasteiger partial charge in [0.25, 0.3) is 0 Å². The Kier molecular flexibility index (Phi) is 14.7. The normalized spacial score (nSPS) is 13.6. The van der Waals surface area contributed by atoms with E-state index in [2.05, 4.69) is 15.0 Å². The lowest BCUT2D eigenvalue weighted by molar-refractivity contribution is -0.137. The third kappa shape index (κ3) is 11.0. The number of rotatable bonds is 14. The Morgan fingerprint density at radius 1 is 0.390 bits per heavy atom. The van der Waals surface area contributed by atoms with Crippen molar-refractivity contribution in [3.05, 3.63) is 234 Å². The summed E-state index contributed by atoms with van der Waals surface area (Å²) in [5.74, 6) is -3.73. The number of fused-ring (bicyclic) bond motifs is 3. The number of hydrogen-bond acceptors (Lipinski definition) is 2. The van der Waals surface area contributed by atoms with Gasteiger partial charge in [-0.15, -0.1) is 22.7 Å². The number of thiophene rings is 2. The number of H-pyrrole nitrogens is 3. The molecule has 82 heavy (non-hydrogen) atoms. The fourth-order valence-electron chi connectivity index (χ4n) is 11.7. The predicted molar refractivity (Wildman–Crippen MR) is 317 cm³/mol. The van der Waals surface area contributed by atoms with E-state index in [1.54, 1.807) is 168 Å². The molecular formula is C65H43Cl3F9N3S2. The molecule has 0 aliphatic heterocycles.